The maximum Gasteiger partial charge on any atom is 0.408 e. The number of hydrogen-bond acceptors (Lipinski definition) is 8. The van der Waals surface area contributed by atoms with Crippen molar-refractivity contribution in [2.45, 2.75) is 57.8 Å². The summed E-state index contributed by atoms with van der Waals surface area (Å²) < 4.78 is 5.33. The molecule has 0 fully saturated rings. The predicted molar refractivity (Wildman–Crippen MR) is 153 cm³/mol. The highest BCUT2D eigenvalue weighted by Crippen LogP contribution is 2.12. The first-order chi connectivity index (χ1) is 19.8. The third-order valence-electron chi connectivity index (χ3n) is 6.54. The number of nitrogens with zero attached hydrogens (tertiary/aromatic N) is 1. The van der Waals surface area contributed by atoms with Gasteiger partial charge in [-0.1, -0.05) is 80.9 Å². The second kappa shape index (κ2) is 16.1. The Labute approximate surface area is 242 Å². The van der Waals surface area contributed by atoms with Gasteiger partial charge >= 0.3 is 6.09 Å². The standard InChI is InChI=1S/C29H35N5O6S/c1-3-19(2)25(28(37)31-24(27(36)34-39)15-22-17-41-18-30-22)33-26(35)23(14-20-10-6-4-7-11-20)32-29(38)40-16-21-12-8-5-9-13-21/h4-13,17-19,23-25,39H,3,14-16H2,1-2H3,(H,31,37)(H,32,38)(H,33,35)(H,34,36)/t19-,23?,24+,25+/m1/s1. The molecule has 11 nitrogen and oxygen atoms in total. The maximum atomic E-state index is 13.5. The molecule has 0 aliphatic rings. The molecule has 0 bridgehead atoms. The molecule has 0 spiro atoms. The van der Waals surface area contributed by atoms with Gasteiger partial charge in [0, 0.05) is 18.2 Å². The molecule has 0 aliphatic heterocycles. The fourth-order valence-electron chi connectivity index (χ4n) is 4.02. The monoisotopic (exact) mass is 581 g/mol. The van der Waals surface area contributed by atoms with E-state index in [4.69, 9.17) is 4.74 Å². The average molecular weight is 582 g/mol. The van der Waals surface area contributed by atoms with Gasteiger partial charge in [0.05, 0.1) is 11.2 Å². The largest absolute Gasteiger partial charge is 0.445 e. The zero-order valence-corrected chi connectivity index (χ0v) is 23.7. The van der Waals surface area contributed by atoms with Crippen LogP contribution in [0.1, 0.15) is 37.1 Å². The third-order valence-corrected chi connectivity index (χ3v) is 7.17. The van der Waals surface area contributed by atoms with Crippen LogP contribution in [-0.2, 0) is 38.6 Å². The zero-order valence-electron chi connectivity index (χ0n) is 22.9. The van der Waals surface area contributed by atoms with Crippen LogP contribution in [0, 0.1) is 5.92 Å². The van der Waals surface area contributed by atoms with E-state index in [9.17, 15) is 24.4 Å². The van der Waals surface area contributed by atoms with Crippen molar-refractivity contribution in [2.24, 2.45) is 5.92 Å². The lowest BCUT2D eigenvalue weighted by Crippen LogP contribution is -2.59. The van der Waals surface area contributed by atoms with Crippen molar-refractivity contribution in [3.8, 4) is 0 Å². The van der Waals surface area contributed by atoms with Crippen LogP contribution in [0.25, 0.3) is 0 Å². The molecule has 218 valence electrons. The number of alkyl carbamates (subject to hydrolysis) is 1. The van der Waals surface area contributed by atoms with Gasteiger partial charge in [-0.15, -0.1) is 11.3 Å². The highest BCUT2D eigenvalue weighted by molar-refractivity contribution is 7.07. The maximum absolute atomic E-state index is 13.5. The SMILES string of the molecule is CC[C@@H](C)[C@H](NC(=O)C(Cc1ccccc1)NC(=O)OCc1ccccc1)C(=O)N[C@@H](Cc1cscn1)C(=O)NO. The first kappa shape index (κ1) is 31.2. The Morgan fingerprint density at radius 3 is 2.07 bits per heavy atom. The van der Waals surface area contributed by atoms with Gasteiger partial charge in [-0.3, -0.25) is 19.6 Å². The Morgan fingerprint density at radius 1 is 0.854 bits per heavy atom. The summed E-state index contributed by atoms with van der Waals surface area (Å²) in [6.45, 7) is 3.68. The van der Waals surface area contributed by atoms with Gasteiger partial charge in [-0.25, -0.2) is 15.3 Å². The van der Waals surface area contributed by atoms with E-state index in [1.165, 1.54) is 11.3 Å². The number of thiazole rings is 1. The minimum atomic E-state index is -1.12. The van der Waals surface area contributed by atoms with Crippen LogP contribution in [0.3, 0.4) is 0 Å². The molecule has 2 aromatic carbocycles. The van der Waals surface area contributed by atoms with Gasteiger partial charge in [0.15, 0.2) is 0 Å². The van der Waals surface area contributed by atoms with Crippen molar-refractivity contribution in [3.63, 3.8) is 0 Å². The van der Waals surface area contributed by atoms with Crippen molar-refractivity contribution in [2.75, 3.05) is 0 Å². The van der Waals surface area contributed by atoms with E-state index in [0.29, 0.717) is 12.1 Å². The second-order valence-corrected chi connectivity index (χ2v) is 10.3. The smallest absolute Gasteiger partial charge is 0.408 e. The summed E-state index contributed by atoms with van der Waals surface area (Å²) in [6.07, 6.45) is -0.0373. The Balaban J connectivity index is 1.74. The molecule has 1 unspecified atom stereocenters. The topological polar surface area (TPSA) is 159 Å². The summed E-state index contributed by atoms with van der Waals surface area (Å²) in [6, 6.07) is 15.1. The van der Waals surface area contributed by atoms with E-state index in [2.05, 4.69) is 20.9 Å². The molecule has 0 saturated carbocycles. The Morgan fingerprint density at radius 2 is 1.49 bits per heavy atom. The van der Waals surface area contributed by atoms with Crippen molar-refractivity contribution in [3.05, 3.63) is 88.4 Å². The molecule has 5 N–H and O–H groups in total. The molecule has 0 saturated heterocycles. The van der Waals surface area contributed by atoms with Crippen LogP contribution in [0.2, 0.25) is 0 Å². The number of hydroxylamine groups is 1. The lowest BCUT2D eigenvalue weighted by atomic mass is 9.96. The molecule has 0 radical (unpaired) electrons. The van der Waals surface area contributed by atoms with E-state index in [1.54, 1.807) is 23.3 Å². The normalized spacial score (nSPS) is 13.6. The van der Waals surface area contributed by atoms with Crippen LogP contribution < -0.4 is 21.4 Å². The van der Waals surface area contributed by atoms with Crippen LogP contribution in [-0.4, -0.2) is 52.1 Å². The first-order valence-electron chi connectivity index (χ1n) is 13.2. The highest BCUT2D eigenvalue weighted by atomic mass is 32.1. The molecular formula is C29H35N5O6S. The third kappa shape index (κ3) is 10.00. The van der Waals surface area contributed by atoms with Gasteiger partial charge in [-0.2, -0.15) is 0 Å². The lowest BCUT2D eigenvalue weighted by molar-refractivity contribution is -0.136. The van der Waals surface area contributed by atoms with Crippen LogP contribution in [0.4, 0.5) is 4.79 Å². The van der Waals surface area contributed by atoms with Gasteiger partial charge in [0.2, 0.25) is 11.8 Å². The highest BCUT2D eigenvalue weighted by Gasteiger charge is 2.33. The van der Waals surface area contributed by atoms with Gasteiger partial charge in [0.25, 0.3) is 5.91 Å². The van der Waals surface area contributed by atoms with Crippen molar-refractivity contribution in [1.29, 1.82) is 0 Å². The van der Waals surface area contributed by atoms with Crippen LogP contribution in [0.5, 0.6) is 0 Å². The van der Waals surface area contributed by atoms with E-state index < -0.39 is 41.9 Å². The number of carbonyl (C=O) groups excluding carboxylic acids is 4. The van der Waals surface area contributed by atoms with Gasteiger partial charge in [-0.05, 0) is 17.0 Å². The zero-order chi connectivity index (χ0) is 29.6. The summed E-state index contributed by atoms with van der Waals surface area (Å²) in [5.74, 6) is -2.33. The van der Waals surface area contributed by atoms with Crippen LogP contribution in [0.15, 0.2) is 71.6 Å². The first-order valence-corrected chi connectivity index (χ1v) is 14.2. The number of ether oxygens (including phenoxy) is 1. The van der Waals surface area contributed by atoms with Gasteiger partial charge < -0.3 is 20.7 Å². The van der Waals surface area contributed by atoms with Crippen LogP contribution >= 0.6 is 11.3 Å². The number of nitrogens with one attached hydrogen (secondary N) is 4. The minimum absolute atomic E-state index is 0.0253. The molecule has 4 amide bonds. The Bertz CT molecular complexity index is 1260. The summed E-state index contributed by atoms with van der Waals surface area (Å²) in [5, 5.41) is 18.9. The molecule has 12 heteroatoms. The number of hydrogen-bond donors (Lipinski definition) is 5. The number of rotatable bonds is 14. The predicted octanol–water partition coefficient (Wildman–Crippen LogP) is 2.74. The number of carbonyl (C=O) groups is 4. The molecule has 1 aromatic heterocycles. The summed E-state index contributed by atoms with van der Waals surface area (Å²) in [5.41, 5.74) is 5.32. The number of aromatic nitrogens is 1. The van der Waals surface area contributed by atoms with E-state index in [1.807, 2.05) is 67.6 Å². The van der Waals surface area contributed by atoms with Crippen molar-refractivity contribution >= 4 is 35.2 Å². The molecule has 0 aliphatic carbocycles. The number of amides is 4. The summed E-state index contributed by atoms with van der Waals surface area (Å²) in [4.78, 5) is 56.0. The fourth-order valence-corrected chi connectivity index (χ4v) is 4.59. The quantitative estimate of drug-likeness (QED) is 0.145. The van der Waals surface area contributed by atoms with Crippen molar-refractivity contribution in [1.82, 2.24) is 26.4 Å². The average Bonchev–Trinajstić information content (AvgIpc) is 3.51. The van der Waals surface area contributed by atoms with E-state index in [-0.39, 0.29) is 25.4 Å². The fraction of sp³-hybridized carbons (Fsp3) is 0.345. The number of benzene rings is 2. The Kier molecular flexibility index (Phi) is 12.3. The van der Waals surface area contributed by atoms with Gasteiger partial charge in [0.1, 0.15) is 24.7 Å². The minimum Gasteiger partial charge on any atom is -0.445 e. The molecule has 3 rings (SSSR count). The molecule has 3 aromatic rings. The summed E-state index contributed by atoms with van der Waals surface area (Å²) in [7, 11) is 0. The van der Waals surface area contributed by atoms with E-state index in [0.717, 1.165) is 11.1 Å². The molecule has 41 heavy (non-hydrogen) atoms. The van der Waals surface area contributed by atoms with E-state index >= 15 is 0 Å². The second-order valence-electron chi connectivity index (χ2n) is 9.54. The Hall–Kier alpha value is -4.29. The molecule has 4 atom stereocenters. The molecule has 1 heterocycles. The van der Waals surface area contributed by atoms with Crippen molar-refractivity contribution < 1.29 is 29.1 Å². The summed E-state index contributed by atoms with van der Waals surface area (Å²) >= 11 is 1.33. The molecular weight excluding hydrogens is 546 g/mol. The lowest BCUT2D eigenvalue weighted by Gasteiger charge is -2.28.